The zero-order valence-electron chi connectivity index (χ0n) is 13.7. The van der Waals surface area contributed by atoms with Gasteiger partial charge in [0.2, 0.25) is 5.91 Å². The van der Waals surface area contributed by atoms with Gasteiger partial charge in [-0.05, 0) is 36.5 Å². The summed E-state index contributed by atoms with van der Waals surface area (Å²) in [5.41, 5.74) is 0.858. The van der Waals surface area contributed by atoms with Crippen LogP contribution >= 0.6 is 12.2 Å². The minimum atomic E-state index is -0.649. The van der Waals surface area contributed by atoms with Gasteiger partial charge in [0, 0.05) is 17.8 Å². The van der Waals surface area contributed by atoms with Gasteiger partial charge in [-0.25, -0.2) is 0 Å². The van der Waals surface area contributed by atoms with Crippen LogP contribution in [0.4, 0.5) is 11.4 Å². The van der Waals surface area contributed by atoms with E-state index in [1.807, 2.05) is 0 Å². The van der Waals surface area contributed by atoms with Crippen molar-refractivity contribution in [1.82, 2.24) is 10.2 Å². The lowest BCUT2D eigenvalue weighted by Crippen LogP contribution is -2.43. The Bertz CT molecular complexity index is 939. The van der Waals surface area contributed by atoms with Gasteiger partial charge in [0.05, 0.1) is 16.1 Å². The van der Waals surface area contributed by atoms with Crippen LogP contribution in [-0.4, -0.2) is 39.2 Å². The Balaban J connectivity index is 1.58. The fourth-order valence-electron chi connectivity index (χ4n) is 2.52. The van der Waals surface area contributed by atoms with Gasteiger partial charge in [-0.2, -0.15) is 0 Å². The zero-order valence-corrected chi connectivity index (χ0v) is 14.5. The van der Waals surface area contributed by atoms with Crippen molar-refractivity contribution in [2.45, 2.75) is 0 Å². The van der Waals surface area contributed by atoms with Crippen LogP contribution in [0.3, 0.4) is 0 Å². The van der Waals surface area contributed by atoms with Crippen molar-refractivity contribution in [2.75, 3.05) is 11.9 Å². The number of fused-ring (bicyclic) bond motifs is 1. The van der Waals surface area contributed by atoms with Crippen LogP contribution in [0, 0.1) is 10.1 Å². The molecule has 27 heavy (non-hydrogen) atoms. The molecule has 2 aromatic rings. The van der Waals surface area contributed by atoms with Crippen molar-refractivity contribution in [2.24, 2.45) is 0 Å². The highest BCUT2D eigenvalue weighted by Gasteiger charge is 2.36. The molecule has 0 aromatic heterocycles. The third-order valence-electron chi connectivity index (χ3n) is 3.77. The molecule has 0 aliphatic carbocycles. The molecule has 10 heteroatoms. The summed E-state index contributed by atoms with van der Waals surface area (Å²) >= 11 is 5.00. The maximum absolute atomic E-state index is 12.2. The van der Waals surface area contributed by atoms with E-state index in [-0.39, 0.29) is 21.9 Å². The average molecular weight is 384 g/mol. The van der Waals surface area contributed by atoms with E-state index in [0.29, 0.717) is 5.69 Å². The summed E-state index contributed by atoms with van der Waals surface area (Å²) in [5, 5.41) is 15.6. The number of hydrogen-bond donors (Lipinski definition) is 2. The Hall–Kier alpha value is -3.66. The number of nitrogens with zero attached hydrogens (tertiary/aromatic N) is 2. The number of imide groups is 1. The monoisotopic (exact) mass is 384 g/mol. The number of carbonyl (C=O) groups is 3. The molecular formula is C17H12N4O5S. The number of nitro benzene ring substituents is 1. The number of rotatable bonds is 4. The van der Waals surface area contributed by atoms with Gasteiger partial charge in [0.25, 0.3) is 17.5 Å². The molecule has 0 saturated carbocycles. The largest absolute Gasteiger partial charge is 0.332 e. The number of nitrogens with one attached hydrogen (secondary N) is 2. The highest BCUT2D eigenvalue weighted by Crippen LogP contribution is 2.22. The predicted octanol–water partition coefficient (Wildman–Crippen LogP) is 1.70. The topological polar surface area (TPSA) is 122 Å². The zero-order chi connectivity index (χ0) is 19.6. The number of carbonyl (C=O) groups excluding carboxylic acids is 3. The fourth-order valence-corrected chi connectivity index (χ4v) is 2.75. The van der Waals surface area contributed by atoms with Crippen molar-refractivity contribution >= 4 is 46.4 Å². The lowest BCUT2D eigenvalue weighted by atomic mass is 10.1. The van der Waals surface area contributed by atoms with E-state index < -0.39 is 29.2 Å². The molecule has 0 radical (unpaired) electrons. The Morgan fingerprint density at radius 2 is 1.59 bits per heavy atom. The molecule has 0 bridgehead atoms. The lowest BCUT2D eigenvalue weighted by molar-refractivity contribution is -0.384. The Labute approximate surface area is 158 Å². The molecule has 0 atom stereocenters. The second-order valence-electron chi connectivity index (χ2n) is 5.55. The molecule has 9 nitrogen and oxygen atoms in total. The molecule has 0 unspecified atom stereocenters. The molecule has 2 aromatic carbocycles. The van der Waals surface area contributed by atoms with Gasteiger partial charge in [-0.3, -0.25) is 29.4 Å². The Morgan fingerprint density at radius 1 is 1.04 bits per heavy atom. The van der Waals surface area contributed by atoms with Crippen LogP contribution in [0.5, 0.6) is 0 Å². The van der Waals surface area contributed by atoms with E-state index >= 15 is 0 Å². The predicted molar refractivity (Wildman–Crippen MR) is 99.3 cm³/mol. The third-order valence-corrected chi connectivity index (χ3v) is 3.97. The number of thiocarbonyl (C=S) groups is 1. The minimum Gasteiger partial charge on any atom is -0.332 e. The van der Waals surface area contributed by atoms with E-state index in [0.717, 1.165) is 4.90 Å². The first-order valence-electron chi connectivity index (χ1n) is 7.67. The highest BCUT2D eigenvalue weighted by atomic mass is 32.1. The van der Waals surface area contributed by atoms with Crippen molar-refractivity contribution in [3.8, 4) is 0 Å². The first-order valence-corrected chi connectivity index (χ1v) is 8.08. The van der Waals surface area contributed by atoms with Gasteiger partial charge < -0.3 is 10.6 Å². The number of amides is 3. The van der Waals surface area contributed by atoms with Gasteiger partial charge in [-0.1, -0.05) is 12.1 Å². The van der Waals surface area contributed by atoms with E-state index in [1.165, 1.54) is 36.4 Å². The molecule has 1 aliphatic heterocycles. The van der Waals surface area contributed by atoms with Crippen LogP contribution < -0.4 is 10.6 Å². The molecule has 136 valence electrons. The van der Waals surface area contributed by atoms with Crippen molar-refractivity contribution < 1.29 is 19.3 Å². The molecule has 3 amide bonds. The number of nitro groups is 1. The maximum Gasteiger partial charge on any atom is 0.269 e. The second-order valence-corrected chi connectivity index (χ2v) is 5.96. The van der Waals surface area contributed by atoms with Crippen LogP contribution in [0.2, 0.25) is 0 Å². The number of non-ortho nitro benzene ring substituents is 1. The SMILES string of the molecule is O=C(CN1C(=O)c2ccccc2C1=O)NC(=S)Nc1ccc([N+](=O)[O-])cc1. The summed E-state index contributed by atoms with van der Waals surface area (Å²) in [7, 11) is 0. The molecule has 0 saturated heterocycles. The molecule has 2 N–H and O–H groups in total. The number of anilines is 1. The lowest BCUT2D eigenvalue weighted by Gasteiger charge is -2.14. The van der Waals surface area contributed by atoms with Gasteiger partial charge >= 0.3 is 0 Å². The quantitative estimate of drug-likeness (QED) is 0.356. The number of benzene rings is 2. The first-order chi connectivity index (χ1) is 12.9. The first kappa shape index (κ1) is 18.1. The Morgan fingerprint density at radius 3 is 2.11 bits per heavy atom. The molecule has 0 fully saturated rings. The highest BCUT2D eigenvalue weighted by molar-refractivity contribution is 7.80. The minimum absolute atomic E-state index is 0.0644. The third kappa shape index (κ3) is 3.80. The summed E-state index contributed by atoms with van der Waals surface area (Å²) in [6.07, 6.45) is 0. The second kappa shape index (κ2) is 7.30. The van der Waals surface area contributed by atoms with E-state index in [1.54, 1.807) is 12.1 Å². The summed E-state index contributed by atoms with van der Waals surface area (Å²) < 4.78 is 0. The van der Waals surface area contributed by atoms with Crippen molar-refractivity contribution in [3.05, 3.63) is 69.8 Å². The Kier molecular flexibility index (Phi) is 4.90. The molecule has 1 aliphatic rings. The standard InChI is InChI=1S/C17H12N4O5S/c22-14(9-20-15(23)12-3-1-2-4-13(12)16(20)24)19-17(27)18-10-5-7-11(8-6-10)21(25)26/h1-8H,9H2,(H2,18,19,22,27). The average Bonchev–Trinajstić information content (AvgIpc) is 2.87. The smallest absolute Gasteiger partial charge is 0.269 e. The maximum atomic E-state index is 12.2. The van der Waals surface area contributed by atoms with E-state index in [2.05, 4.69) is 10.6 Å². The molecule has 3 rings (SSSR count). The van der Waals surface area contributed by atoms with Crippen LogP contribution in [0.1, 0.15) is 20.7 Å². The summed E-state index contributed by atoms with van der Waals surface area (Å²) in [4.78, 5) is 47.5. The molecule has 1 heterocycles. The molecular weight excluding hydrogens is 372 g/mol. The van der Waals surface area contributed by atoms with Crippen LogP contribution in [0.25, 0.3) is 0 Å². The van der Waals surface area contributed by atoms with Crippen molar-refractivity contribution in [3.63, 3.8) is 0 Å². The van der Waals surface area contributed by atoms with E-state index in [9.17, 15) is 24.5 Å². The normalized spacial score (nSPS) is 12.5. The van der Waals surface area contributed by atoms with E-state index in [4.69, 9.17) is 12.2 Å². The van der Waals surface area contributed by atoms with Crippen LogP contribution in [-0.2, 0) is 4.79 Å². The van der Waals surface area contributed by atoms with Crippen LogP contribution in [0.15, 0.2) is 48.5 Å². The van der Waals surface area contributed by atoms with Gasteiger partial charge in [-0.15, -0.1) is 0 Å². The molecule has 0 spiro atoms. The van der Waals surface area contributed by atoms with Gasteiger partial charge in [0.1, 0.15) is 6.54 Å². The summed E-state index contributed by atoms with van der Waals surface area (Å²) in [6, 6.07) is 11.7. The van der Waals surface area contributed by atoms with Gasteiger partial charge in [0.15, 0.2) is 5.11 Å². The van der Waals surface area contributed by atoms with Crippen molar-refractivity contribution in [1.29, 1.82) is 0 Å². The number of hydrogen-bond acceptors (Lipinski definition) is 6. The fraction of sp³-hybridized carbons (Fsp3) is 0.0588. The summed E-state index contributed by atoms with van der Waals surface area (Å²) in [6.45, 7) is -0.478. The summed E-state index contributed by atoms with van der Waals surface area (Å²) in [5.74, 6) is -1.73.